The number of rotatable bonds is 10. The number of aryl methyl sites for hydroxylation is 1. The first-order valence-electron chi connectivity index (χ1n) is 14.5. The molecule has 0 saturated carbocycles. The van der Waals surface area contributed by atoms with E-state index in [2.05, 4.69) is 35.0 Å². The van der Waals surface area contributed by atoms with Crippen molar-refractivity contribution in [2.45, 2.75) is 17.5 Å². The summed E-state index contributed by atoms with van der Waals surface area (Å²) >= 11 is 0. The van der Waals surface area contributed by atoms with Gasteiger partial charge in [0.2, 0.25) is 0 Å². The van der Waals surface area contributed by atoms with Gasteiger partial charge in [-0.2, -0.15) is 8.42 Å². The highest BCUT2D eigenvalue weighted by molar-refractivity contribution is 7.92. The molecular formula is C32H24FN9O7S. The molecule has 6 rings (SSSR count). The van der Waals surface area contributed by atoms with E-state index in [4.69, 9.17) is 0 Å². The molecule has 6 aromatic rings. The van der Waals surface area contributed by atoms with Gasteiger partial charge < -0.3 is 10.4 Å². The molecule has 1 aromatic carbocycles. The molecule has 0 bridgehead atoms. The number of hydrogen-bond donors (Lipinski definition) is 3. The van der Waals surface area contributed by atoms with Crippen molar-refractivity contribution in [2.75, 3.05) is 4.72 Å². The van der Waals surface area contributed by atoms with Crippen molar-refractivity contribution in [1.29, 1.82) is 0 Å². The Labute approximate surface area is 281 Å². The molecule has 0 aliphatic carbocycles. The normalized spacial score (nSPS) is 12.0. The molecule has 50 heavy (non-hydrogen) atoms. The second-order valence-electron chi connectivity index (χ2n) is 10.7. The van der Waals surface area contributed by atoms with Crippen LogP contribution in [0.15, 0.2) is 106 Å². The number of nitrogens with one attached hydrogen (secondary N) is 2. The van der Waals surface area contributed by atoms with Crippen molar-refractivity contribution in [3.63, 3.8) is 0 Å². The number of amides is 1. The first-order valence-corrected chi connectivity index (χ1v) is 16.0. The Balaban J connectivity index is 1.14. The zero-order valence-corrected chi connectivity index (χ0v) is 26.6. The average Bonchev–Trinajstić information content (AvgIpc) is 3.11. The summed E-state index contributed by atoms with van der Waals surface area (Å²) in [5.74, 6) is -3.49. The van der Waals surface area contributed by atoms with E-state index in [9.17, 15) is 32.7 Å². The average molecular weight is 698 g/mol. The van der Waals surface area contributed by atoms with Crippen LogP contribution < -0.4 is 21.3 Å². The molecule has 0 radical (unpaired) electrons. The quantitative estimate of drug-likeness (QED) is 0.186. The van der Waals surface area contributed by atoms with Crippen molar-refractivity contribution in [3.8, 4) is 17.1 Å². The number of sulfonamides is 1. The van der Waals surface area contributed by atoms with Crippen molar-refractivity contribution in [1.82, 2.24) is 39.4 Å². The van der Waals surface area contributed by atoms with Crippen LogP contribution in [0.4, 0.5) is 10.1 Å². The summed E-state index contributed by atoms with van der Waals surface area (Å²) in [6.45, 7) is 0. The van der Waals surface area contributed by atoms with Gasteiger partial charge >= 0.3 is 11.7 Å². The number of aromatic nitrogens is 7. The number of carboxylic acid groups (broad SMARTS) is 1. The number of anilines is 1. The molecular weight excluding hydrogens is 673 g/mol. The van der Waals surface area contributed by atoms with E-state index in [1.807, 2.05) is 0 Å². The van der Waals surface area contributed by atoms with E-state index < -0.39 is 50.7 Å². The fraction of sp³-hybridized carbons (Fsp3) is 0.0938. The number of carboxylic acids is 1. The molecule has 252 valence electrons. The number of hydrogen-bond acceptors (Lipinski definition) is 11. The topological polar surface area (TPSA) is 221 Å². The molecule has 0 spiro atoms. The van der Waals surface area contributed by atoms with Gasteiger partial charge in [0.05, 0.1) is 34.7 Å². The molecule has 3 N–H and O–H groups in total. The smallest absolute Gasteiger partial charge is 0.335 e. The Hall–Kier alpha value is -6.69. The Bertz CT molecular complexity index is 2490. The molecule has 18 heteroatoms. The number of carbonyl (C=O) groups is 2. The second kappa shape index (κ2) is 13.4. The number of halogens is 1. The Morgan fingerprint density at radius 1 is 0.940 bits per heavy atom. The van der Waals surface area contributed by atoms with E-state index in [0.29, 0.717) is 22.5 Å². The van der Waals surface area contributed by atoms with Crippen LogP contribution in [0.3, 0.4) is 0 Å². The molecule has 0 saturated heterocycles. The van der Waals surface area contributed by atoms with Crippen LogP contribution in [0.1, 0.15) is 16.1 Å². The van der Waals surface area contributed by atoms with Gasteiger partial charge in [0.1, 0.15) is 6.04 Å². The monoisotopic (exact) mass is 697 g/mol. The van der Waals surface area contributed by atoms with Gasteiger partial charge in [0.15, 0.2) is 22.4 Å². The van der Waals surface area contributed by atoms with Crippen LogP contribution in [0.2, 0.25) is 0 Å². The van der Waals surface area contributed by atoms with Gasteiger partial charge in [-0.25, -0.2) is 38.5 Å². The standard InChI is InChI=1S/C32H24FN9O7S/c1-41-25-17-34-12-9-22(25)30(44)42(32(41)47)21-6-3-18(4-7-21)13-24(31(45)46)39-29(43)27-23(33)14-20(16-38-27)40-50(48,49)26-8-5-19(15-37-26)28-35-10-2-11-36-28/h2-12,14-17,24,40H,13H2,1H3,(H,39,43)(H,45,46)/t24-/m0/s1. The summed E-state index contributed by atoms with van der Waals surface area (Å²) in [4.78, 5) is 70.6. The highest BCUT2D eigenvalue weighted by Crippen LogP contribution is 2.19. The maximum Gasteiger partial charge on any atom is 0.335 e. The molecule has 16 nitrogen and oxygen atoms in total. The zero-order chi connectivity index (χ0) is 35.6. The maximum absolute atomic E-state index is 15.0. The van der Waals surface area contributed by atoms with E-state index in [0.717, 1.165) is 16.8 Å². The number of aliphatic carboxylic acids is 1. The van der Waals surface area contributed by atoms with Gasteiger partial charge in [-0.1, -0.05) is 12.1 Å². The lowest BCUT2D eigenvalue weighted by Gasteiger charge is -2.16. The molecule has 0 aliphatic rings. The molecule has 5 heterocycles. The number of fused-ring (bicyclic) bond motifs is 1. The van der Waals surface area contributed by atoms with Crippen molar-refractivity contribution < 1.29 is 27.5 Å². The van der Waals surface area contributed by atoms with Crippen LogP contribution in [-0.4, -0.2) is 65.5 Å². The molecule has 1 atom stereocenters. The van der Waals surface area contributed by atoms with E-state index >= 15 is 4.39 Å². The summed E-state index contributed by atoms with van der Waals surface area (Å²) in [6, 6.07) is 10.8. The minimum absolute atomic E-state index is 0.227. The van der Waals surface area contributed by atoms with E-state index in [-0.39, 0.29) is 28.2 Å². The maximum atomic E-state index is 15.0. The first-order chi connectivity index (χ1) is 23.9. The lowest BCUT2D eigenvalue weighted by Crippen LogP contribution is -2.43. The second-order valence-corrected chi connectivity index (χ2v) is 12.4. The fourth-order valence-corrected chi connectivity index (χ4v) is 5.92. The Morgan fingerprint density at radius 2 is 1.68 bits per heavy atom. The van der Waals surface area contributed by atoms with Crippen LogP contribution in [-0.2, 0) is 28.3 Å². The van der Waals surface area contributed by atoms with Gasteiger partial charge in [0.25, 0.3) is 21.5 Å². The minimum atomic E-state index is -4.29. The van der Waals surface area contributed by atoms with E-state index in [1.54, 1.807) is 6.07 Å². The summed E-state index contributed by atoms with van der Waals surface area (Å²) in [6.07, 6.45) is 7.78. The van der Waals surface area contributed by atoms with Gasteiger partial charge in [-0.15, -0.1) is 0 Å². The fourth-order valence-electron chi connectivity index (χ4n) is 4.95. The lowest BCUT2D eigenvalue weighted by atomic mass is 10.1. The van der Waals surface area contributed by atoms with E-state index in [1.165, 1.54) is 85.1 Å². The molecule has 0 fully saturated rings. The third kappa shape index (κ3) is 6.67. The summed E-state index contributed by atoms with van der Waals surface area (Å²) in [7, 11) is -2.79. The van der Waals surface area contributed by atoms with Crippen LogP contribution >= 0.6 is 0 Å². The largest absolute Gasteiger partial charge is 0.480 e. The third-order valence-corrected chi connectivity index (χ3v) is 8.75. The lowest BCUT2D eigenvalue weighted by molar-refractivity contribution is -0.139. The third-order valence-electron chi connectivity index (χ3n) is 7.46. The highest BCUT2D eigenvalue weighted by atomic mass is 32.2. The zero-order valence-electron chi connectivity index (χ0n) is 25.8. The van der Waals surface area contributed by atoms with Gasteiger partial charge in [-0.05, 0) is 42.0 Å². The predicted octanol–water partition coefficient (Wildman–Crippen LogP) is 1.70. The van der Waals surface area contributed by atoms with Crippen LogP contribution in [0.5, 0.6) is 0 Å². The van der Waals surface area contributed by atoms with Crippen LogP contribution in [0.25, 0.3) is 28.0 Å². The SMILES string of the molecule is Cn1c(=O)n(-c2ccc(C[C@H](NC(=O)c3ncc(NS(=O)(=O)c4ccc(-c5ncccn5)cn4)cc3F)C(=O)O)cc2)c(=O)c2ccncc21. The molecule has 0 unspecified atom stereocenters. The summed E-state index contributed by atoms with van der Waals surface area (Å²) < 4.78 is 45.1. The summed E-state index contributed by atoms with van der Waals surface area (Å²) in [5.41, 5.74) is -0.810. The highest BCUT2D eigenvalue weighted by Gasteiger charge is 2.25. The van der Waals surface area contributed by atoms with Crippen LogP contribution in [0, 0.1) is 5.82 Å². The number of benzene rings is 1. The number of carbonyl (C=O) groups excluding carboxylic acids is 1. The van der Waals surface area contributed by atoms with Crippen molar-refractivity contribution in [2.24, 2.45) is 7.05 Å². The Kier molecular flexibility index (Phi) is 8.93. The number of pyridine rings is 3. The van der Waals surface area contributed by atoms with Gasteiger partial charge in [-0.3, -0.25) is 23.9 Å². The predicted molar refractivity (Wildman–Crippen MR) is 175 cm³/mol. The minimum Gasteiger partial charge on any atom is -0.480 e. The summed E-state index contributed by atoms with van der Waals surface area (Å²) in [5, 5.41) is 11.9. The van der Waals surface area contributed by atoms with Crippen molar-refractivity contribution >= 4 is 38.5 Å². The molecule has 5 aromatic heterocycles. The van der Waals surface area contributed by atoms with Gasteiger partial charge in [0, 0.05) is 49.9 Å². The Morgan fingerprint density at radius 3 is 2.34 bits per heavy atom. The first kappa shape index (κ1) is 33.2. The molecule has 0 aliphatic heterocycles. The van der Waals surface area contributed by atoms with Crippen molar-refractivity contribution in [3.05, 3.63) is 130 Å². The molecule has 1 amide bonds. The number of nitrogens with zero attached hydrogens (tertiary/aromatic N) is 7.